The lowest BCUT2D eigenvalue weighted by Gasteiger charge is -2.58. The molecule has 0 radical (unpaired) electrons. The zero-order valence-electron chi connectivity index (χ0n) is 35.0. The van der Waals surface area contributed by atoms with Crippen LogP contribution in [0.25, 0.3) is 0 Å². The number of Topliss-reactive ketones (excluding diaryl/α,β-unsaturated/α-hetero) is 2. The quantitative estimate of drug-likeness (QED) is 0.139. The smallest absolute Gasteiger partial charge is 0.220 e. The van der Waals surface area contributed by atoms with Crippen molar-refractivity contribution in [1.29, 1.82) is 0 Å². The Bertz CT molecular complexity index is 2560. The predicted molar refractivity (Wildman–Crippen MR) is 245 cm³/mol. The molecule has 10 nitrogen and oxygen atoms in total. The number of nitrogens with zero attached hydrogens (tertiary/aromatic N) is 2. The second-order valence-corrected chi connectivity index (χ2v) is 18.6. The number of rotatable bonds is 4. The third kappa shape index (κ3) is 7.93. The van der Waals surface area contributed by atoms with Crippen molar-refractivity contribution >= 4 is 57.7 Å². The molecule has 0 spiro atoms. The molecular weight excluding hydrogens is 889 g/mol. The number of thioether (sulfide) groups is 1. The number of aliphatic hydroxyl groups excluding tert-OH is 1. The highest BCUT2D eigenvalue weighted by Gasteiger charge is 2.60. The zero-order valence-corrected chi connectivity index (χ0v) is 38.3. The lowest BCUT2D eigenvalue weighted by atomic mass is 9.53. The Hall–Kier alpha value is -5.07. The number of ether oxygens (including phenoxy) is 2. The first-order valence-corrected chi connectivity index (χ1v) is 22.3. The number of carbonyl (C=O) groups excluding carboxylic acids is 3. The van der Waals surface area contributed by atoms with Gasteiger partial charge in [0.2, 0.25) is 5.78 Å². The van der Waals surface area contributed by atoms with Crippen LogP contribution in [0.1, 0.15) is 49.0 Å². The molecule has 320 valence electrons. The van der Waals surface area contributed by atoms with Crippen molar-refractivity contribution in [3.05, 3.63) is 111 Å². The van der Waals surface area contributed by atoms with Crippen LogP contribution in [0.3, 0.4) is 0 Å². The van der Waals surface area contributed by atoms with Crippen molar-refractivity contribution in [3.63, 3.8) is 0 Å². The molecule has 0 saturated carbocycles. The van der Waals surface area contributed by atoms with Gasteiger partial charge in [0.1, 0.15) is 0 Å². The summed E-state index contributed by atoms with van der Waals surface area (Å²) in [5.41, 5.74) is 2.20. The molecule has 13 heteroatoms. The summed E-state index contributed by atoms with van der Waals surface area (Å²) in [5, 5.41) is 34.2. The van der Waals surface area contributed by atoms with E-state index in [9.17, 15) is 29.7 Å². The monoisotopic (exact) mass is 934 g/mol. The summed E-state index contributed by atoms with van der Waals surface area (Å²) in [6, 6.07) is 11.9. The van der Waals surface area contributed by atoms with Crippen LogP contribution in [-0.2, 0) is 29.3 Å². The molecule has 7 atom stereocenters. The van der Waals surface area contributed by atoms with Crippen molar-refractivity contribution in [3.8, 4) is 46.4 Å². The number of hydrogen-bond acceptors (Lipinski definition) is 12. The van der Waals surface area contributed by atoms with Gasteiger partial charge in [0, 0.05) is 68.1 Å². The van der Waals surface area contributed by atoms with E-state index in [4.69, 9.17) is 9.47 Å². The van der Waals surface area contributed by atoms with Gasteiger partial charge in [-0.25, -0.2) is 0 Å². The molecule has 4 bridgehead atoms. The number of likely N-dealkylation sites (N-methyl/N-ethyl adjacent to an activating group) is 2. The number of aliphatic hydroxyl groups is 1. The number of thiol groups is 1. The van der Waals surface area contributed by atoms with Gasteiger partial charge < -0.3 is 29.7 Å². The topological polar surface area (TPSA) is 137 Å². The second-order valence-electron chi connectivity index (χ2n) is 16.3. The van der Waals surface area contributed by atoms with E-state index in [0.717, 1.165) is 52.0 Å². The highest BCUT2D eigenvalue weighted by atomic mass is 79.9. The maximum absolute atomic E-state index is 12.9. The fraction of sp³-hybridized carbons (Fsp3) is 0.367. The van der Waals surface area contributed by atoms with Crippen LogP contribution in [0.15, 0.2) is 105 Å². The molecule has 2 fully saturated rings. The highest BCUT2D eigenvalue weighted by Crippen LogP contribution is 2.63. The third-order valence-corrected chi connectivity index (χ3v) is 15.1. The summed E-state index contributed by atoms with van der Waals surface area (Å²) < 4.78 is 11.7. The molecular formula is C49H47BrN2O8S2. The van der Waals surface area contributed by atoms with Crippen LogP contribution in [-0.4, -0.2) is 96.0 Å². The number of carbonyl (C=O) groups is 3. The number of halogens is 1. The Balaban J connectivity index is 0.000000164. The fourth-order valence-electron chi connectivity index (χ4n) is 10.5. The average Bonchev–Trinajstić information content (AvgIpc) is 3.25. The van der Waals surface area contributed by atoms with E-state index in [2.05, 4.69) is 106 Å². The Labute approximate surface area is 380 Å². The number of hydrogen-bond donors (Lipinski definition) is 4. The van der Waals surface area contributed by atoms with E-state index in [1.54, 1.807) is 30.8 Å². The maximum atomic E-state index is 12.9. The number of phenols is 2. The Morgan fingerprint density at radius 3 is 2.18 bits per heavy atom. The third-order valence-electron chi connectivity index (χ3n) is 13.2. The molecule has 5 aliphatic carbocycles. The maximum Gasteiger partial charge on any atom is 0.220 e. The van der Waals surface area contributed by atoms with Crippen LogP contribution in [0, 0.1) is 52.1 Å². The van der Waals surface area contributed by atoms with Crippen LogP contribution >= 0.6 is 40.3 Å². The summed E-state index contributed by atoms with van der Waals surface area (Å²) in [6.07, 6.45) is 11.1. The van der Waals surface area contributed by atoms with Gasteiger partial charge in [-0.3, -0.25) is 19.3 Å². The molecule has 9 rings (SSSR count). The Kier molecular flexibility index (Phi) is 13.3. The standard InChI is InChI=1S/C24H24BrNO4S.C18H19NO4.C7H4S/c1-26-9-8-24-12-18(28)19(30-2)11-16(24)21(26)23(31-14-5-3-4-13(25)10-14)15-6-7-17(27)22(29)20(15)24;1-19-6-5-18-9-14(21)15(23-2)8-11(18)12(19)7-10-3-4-13(20)17(22)16(10)18;1-2-3-4-5-6-7-8/h3-7,10-11,16,21,23,27,29H,8-9,12H2,1-2H3;3-4,7-8,11-12,22H,5-6,9H2,1-2H3;8H,1H3/t16?,21-,23-,24-;11?,12-,18+;/m10./s1. The first kappa shape index (κ1) is 45.0. The van der Waals surface area contributed by atoms with E-state index in [1.807, 2.05) is 30.4 Å². The molecule has 2 aliphatic heterocycles. The average molecular weight is 936 g/mol. The normalized spacial score (nSPS) is 28.8. The van der Waals surface area contributed by atoms with Gasteiger partial charge in [-0.2, -0.15) is 0 Å². The van der Waals surface area contributed by atoms with Crippen LogP contribution in [0.5, 0.6) is 11.5 Å². The summed E-state index contributed by atoms with van der Waals surface area (Å²) >= 11 is 8.92. The van der Waals surface area contributed by atoms with Gasteiger partial charge in [-0.15, -0.1) is 11.8 Å². The molecule has 7 aliphatic rings. The number of likely N-dealkylation sites (tertiary alicyclic amines) is 2. The molecule has 0 amide bonds. The first-order valence-electron chi connectivity index (χ1n) is 20.1. The van der Waals surface area contributed by atoms with E-state index < -0.39 is 10.8 Å². The SMILES string of the molecule is CC#CC#CC#CS.COC1=CC2[C@@H]3C=C4C=CC(=O)C(O)=C4[C@]2(CCN3C)CC1=O.COC1=CC2[C@@H]3[C@H](Sc4cccc(Br)c4)c4ccc(O)c(O)c4[C@]2(CCN3C)CC1=O. The summed E-state index contributed by atoms with van der Waals surface area (Å²) in [7, 11) is 7.24. The number of aromatic hydroxyl groups is 2. The highest BCUT2D eigenvalue weighted by molar-refractivity contribution is 9.10. The van der Waals surface area contributed by atoms with Crippen molar-refractivity contribution in [2.75, 3.05) is 41.4 Å². The van der Waals surface area contributed by atoms with Crippen molar-refractivity contribution in [2.45, 2.75) is 60.3 Å². The number of fused-ring (bicyclic) bond motifs is 2. The van der Waals surface area contributed by atoms with Gasteiger partial charge in [-0.05, 0) is 130 Å². The van der Waals surface area contributed by atoms with Crippen LogP contribution < -0.4 is 0 Å². The Morgan fingerprint density at radius 2 is 1.50 bits per heavy atom. The fourth-order valence-corrected chi connectivity index (χ4v) is 12.6. The number of piperidine rings is 2. The summed E-state index contributed by atoms with van der Waals surface area (Å²) in [4.78, 5) is 43.1. The summed E-state index contributed by atoms with van der Waals surface area (Å²) in [5.74, 6) is 12.4. The second kappa shape index (κ2) is 18.3. The molecule has 2 saturated heterocycles. The van der Waals surface area contributed by atoms with Gasteiger partial charge in [0.25, 0.3) is 0 Å². The van der Waals surface area contributed by atoms with E-state index >= 15 is 0 Å². The van der Waals surface area contributed by atoms with Gasteiger partial charge in [0.05, 0.1) is 19.5 Å². The minimum absolute atomic E-state index is 0.0104. The van der Waals surface area contributed by atoms with E-state index in [0.29, 0.717) is 17.1 Å². The molecule has 2 heterocycles. The number of methoxy groups -OCH3 is 2. The lowest BCUT2D eigenvalue weighted by Crippen LogP contribution is -2.61. The molecule has 2 aromatic rings. The Morgan fingerprint density at radius 1 is 0.839 bits per heavy atom. The summed E-state index contributed by atoms with van der Waals surface area (Å²) in [6.45, 7) is 3.36. The molecule has 2 aromatic carbocycles. The van der Waals surface area contributed by atoms with Gasteiger partial charge in [0.15, 0.2) is 40.3 Å². The number of benzene rings is 2. The minimum atomic E-state index is -0.539. The van der Waals surface area contributed by atoms with E-state index in [1.165, 1.54) is 20.3 Å². The first-order chi connectivity index (χ1) is 29.7. The van der Waals surface area contributed by atoms with Crippen LogP contribution in [0.2, 0.25) is 0 Å². The van der Waals surface area contributed by atoms with Gasteiger partial charge >= 0.3 is 0 Å². The van der Waals surface area contributed by atoms with Crippen molar-refractivity contribution in [1.82, 2.24) is 9.80 Å². The predicted octanol–water partition coefficient (Wildman–Crippen LogP) is 7.36. The van der Waals surface area contributed by atoms with E-state index in [-0.39, 0.29) is 76.6 Å². The molecule has 62 heavy (non-hydrogen) atoms. The largest absolute Gasteiger partial charge is 0.504 e. The molecule has 2 unspecified atom stereocenters. The molecule has 0 aromatic heterocycles. The van der Waals surface area contributed by atoms with Gasteiger partial charge in [-0.1, -0.05) is 58.8 Å². The number of allylic oxidation sites excluding steroid dienone is 6. The van der Waals surface area contributed by atoms with Crippen molar-refractivity contribution < 1.29 is 39.2 Å². The zero-order chi connectivity index (χ0) is 44.5. The molecule has 3 N–H and O–H groups in total. The lowest BCUT2D eigenvalue weighted by molar-refractivity contribution is -0.124. The van der Waals surface area contributed by atoms with Crippen LogP contribution in [0.4, 0.5) is 0 Å². The number of ketones is 3. The minimum Gasteiger partial charge on any atom is -0.504 e. The van der Waals surface area contributed by atoms with Crippen molar-refractivity contribution in [2.24, 2.45) is 17.3 Å². The number of phenolic OH excluding ortho intramolecular Hbond substituents is 2.